The Morgan fingerprint density at radius 3 is 2.96 bits per heavy atom. The summed E-state index contributed by atoms with van der Waals surface area (Å²) in [6.45, 7) is 2.33. The highest BCUT2D eigenvalue weighted by Crippen LogP contribution is 2.15. The van der Waals surface area contributed by atoms with Crippen LogP contribution in [-0.4, -0.2) is 20.8 Å². The van der Waals surface area contributed by atoms with Crippen molar-refractivity contribution in [3.8, 4) is 0 Å². The number of aryl methyl sites for hydroxylation is 1. The lowest BCUT2D eigenvalue weighted by molar-refractivity contribution is -0.115. The number of amides is 1. The quantitative estimate of drug-likeness (QED) is 0.780. The largest absolute Gasteiger partial charge is 0.361 e. The second-order valence-corrected chi connectivity index (χ2v) is 5.60. The number of hydrogen-bond acceptors (Lipinski definition) is 4. The van der Waals surface area contributed by atoms with E-state index in [9.17, 15) is 4.79 Å². The van der Waals surface area contributed by atoms with Gasteiger partial charge in [-0.05, 0) is 24.6 Å². The molecule has 0 radical (unpaired) electrons. The molecule has 0 atom stereocenters. The van der Waals surface area contributed by atoms with Crippen molar-refractivity contribution in [2.24, 2.45) is 0 Å². The zero-order valence-corrected chi connectivity index (χ0v) is 13.2. The maximum Gasteiger partial charge on any atom is 0.233 e. The van der Waals surface area contributed by atoms with E-state index in [1.807, 2.05) is 31.2 Å². The molecule has 1 amide bonds. The SMILES string of the molecule is Cc1cc(CC(=O)Nc2ccnn2Cc2cccc(Cl)c2)on1. The molecule has 0 spiro atoms. The van der Waals surface area contributed by atoms with Crippen LogP contribution in [0.15, 0.2) is 47.1 Å². The van der Waals surface area contributed by atoms with Crippen molar-refractivity contribution < 1.29 is 9.32 Å². The Morgan fingerprint density at radius 1 is 1.35 bits per heavy atom. The number of nitrogens with zero attached hydrogens (tertiary/aromatic N) is 3. The molecule has 3 aromatic rings. The average Bonchev–Trinajstić information content (AvgIpc) is 3.09. The molecule has 1 N–H and O–H groups in total. The zero-order valence-electron chi connectivity index (χ0n) is 12.5. The maximum atomic E-state index is 12.1. The number of hydrogen-bond donors (Lipinski definition) is 1. The first-order valence-electron chi connectivity index (χ1n) is 7.08. The Kier molecular flexibility index (Phi) is 4.43. The molecule has 0 unspecified atom stereocenters. The van der Waals surface area contributed by atoms with Gasteiger partial charge in [0, 0.05) is 17.2 Å². The van der Waals surface area contributed by atoms with Gasteiger partial charge in [0.05, 0.1) is 24.9 Å². The molecule has 0 fully saturated rings. The summed E-state index contributed by atoms with van der Waals surface area (Å²) < 4.78 is 6.75. The van der Waals surface area contributed by atoms with Crippen molar-refractivity contribution in [3.63, 3.8) is 0 Å². The minimum Gasteiger partial charge on any atom is -0.361 e. The van der Waals surface area contributed by atoms with E-state index in [1.165, 1.54) is 0 Å². The minimum atomic E-state index is -0.186. The predicted octanol–water partition coefficient (Wildman–Crippen LogP) is 3.06. The van der Waals surface area contributed by atoms with Crippen molar-refractivity contribution in [1.29, 1.82) is 0 Å². The maximum absolute atomic E-state index is 12.1. The van der Waals surface area contributed by atoms with Crippen LogP contribution >= 0.6 is 11.6 Å². The second kappa shape index (κ2) is 6.66. The molecule has 7 heteroatoms. The van der Waals surface area contributed by atoms with Gasteiger partial charge in [-0.15, -0.1) is 0 Å². The van der Waals surface area contributed by atoms with Gasteiger partial charge < -0.3 is 9.84 Å². The molecule has 6 nitrogen and oxygen atoms in total. The Bertz CT molecular complexity index is 825. The number of halogens is 1. The van der Waals surface area contributed by atoms with E-state index in [0.29, 0.717) is 23.1 Å². The van der Waals surface area contributed by atoms with Gasteiger partial charge in [-0.3, -0.25) is 4.79 Å². The summed E-state index contributed by atoms with van der Waals surface area (Å²) in [4.78, 5) is 12.1. The fourth-order valence-electron chi connectivity index (χ4n) is 2.22. The van der Waals surface area contributed by atoms with Gasteiger partial charge in [0.1, 0.15) is 11.6 Å². The standard InChI is InChI=1S/C16H15ClN4O2/c1-11-7-14(23-20-11)9-16(22)19-15-5-6-18-21(15)10-12-3-2-4-13(17)8-12/h2-8H,9-10H2,1H3,(H,19,22). The van der Waals surface area contributed by atoms with Crippen LogP contribution < -0.4 is 5.32 Å². The molecule has 0 aliphatic carbocycles. The lowest BCUT2D eigenvalue weighted by atomic mass is 10.2. The summed E-state index contributed by atoms with van der Waals surface area (Å²) in [7, 11) is 0. The number of carbonyl (C=O) groups is 1. The normalized spacial score (nSPS) is 10.7. The third-order valence-corrected chi connectivity index (χ3v) is 3.45. The van der Waals surface area contributed by atoms with Gasteiger partial charge in [-0.2, -0.15) is 5.10 Å². The van der Waals surface area contributed by atoms with Crippen molar-refractivity contribution in [2.75, 3.05) is 5.32 Å². The molecule has 0 bridgehead atoms. The van der Waals surface area contributed by atoms with Crippen molar-refractivity contribution in [3.05, 3.63) is 64.6 Å². The predicted molar refractivity (Wildman–Crippen MR) is 86.4 cm³/mol. The summed E-state index contributed by atoms with van der Waals surface area (Å²) in [6, 6.07) is 11.0. The molecule has 0 aliphatic heterocycles. The van der Waals surface area contributed by atoms with Gasteiger partial charge >= 0.3 is 0 Å². The van der Waals surface area contributed by atoms with Crippen LogP contribution in [0, 0.1) is 6.92 Å². The van der Waals surface area contributed by atoms with Gasteiger partial charge in [0.2, 0.25) is 5.91 Å². The third kappa shape index (κ3) is 3.98. The highest BCUT2D eigenvalue weighted by atomic mass is 35.5. The van der Waals surface area contributed by atoms with E-state index in [2.05, 4.69) is 15.6 Å². The molecule has 0 aliphatic rings. The topological polar surface area (TPSA) is 73.0 Å². The van der Waals surface area contributed by atoms with Crippen LogP contribution in [0.4, 0.5) is 5.82 Å². The van der Waals surface area contributed by atoms with Crippen LogP contribution in [-0.2, 0) is 17.8 Å². The highest BCUT2D eigenvalue weighted by Gasteiger charge is 2.11. The highest BCUT2D eigenvalue weighted by molar-refractivity contribution is 6.30. The number of benzene rings is 1. The van der Waals surface area contributed by atoms with Crippen molar-refractivity contribution in [1.82, 2.24) is 14.9 Å². The van der Waals surface area contributed by atoms with Crippen molar-refractivity contribution >= 4 is 23.3 Å². The smallest absolute Gasteiger partial charge is 0.233 e. The first-order chi connectivity index (χ1) is 11.1. The number of nitrogens with one attached hydrogen (secondary N) is 1. The first kappa shape index (κ1) is 15.3. The molecule has 1 aromatic carbocycles. The molecular weight excluding hydrogens is 316 g/mol. The zero-order chi connectivity index (χ0) is 16.2. The van der Waals surface area contributed by atoms with E-state index in [-0.39, 0.29) is 12.3 Å². The van der Waals surface area contributed by atoms with Crippen LogP contribution in [0.3, 0.4) is 0 Å². The molecule has 2 aromatic heterocycles. The van der Waals surface area contributed by atoms with Gasteiger partial charge in [-0.25, -0.2) is 4.68 Å². The number of carbonyl (C=O) groups excluding carboxylic acids is 1. The monoisotopic (exact) mass is 330 g/mol. The summed E-state index contributed by atoms with van der Waals surface area (Å²) in [5, 5.41) is 11.5. The van der Waals surface area contributed by atoms with Crippen molar-refractivity contribution in [2.45, 2.75) is 19.9 Å². The molecule has 0 saturated carbocycles. The first-order valence-corrected chi connectivity index (χ1v) is 7.46. The third-order valence-electron chi connectivity index (χ3n) is 3.22. The number of aromatic nitrogens is 3. The van der Waals surface area contributed by atoms with Crippen LogP contribution in [0.1, 0.15) is 17.0 Å². The van der Waals surface area contributed by atoms with E-state index in [0.717, 1.165) is 11.3 Å². The fraction of sp³-hybridized carbons (Fsp3) is 0.188. The lowest BCUT2D eigenvalue weighted by Crippen LogP contribution is -2.17. The van der Waals surface area contributed by atoms with Gasteiger partial charge in [-0.1, -0.05) is 28.9 Å². The lowest BCUT2D eigenvalue weighted by Gasteiger charge is -2.09. The molecule has 2 heterocycles. The van der Waals surface area contributed by atoms with Crippen LogP contribution in [0.25, 0.3) is 0 Å². The van der Waals surface area contributed by atoms with E-state index < -0.39 is 0 Å². The van der Waals surface area contributed by atoms with Gasteiger partial charge in [0.15, 0.2) is 0 Å². The molecule has 0 saturated heterocycles. The minimum absolute atomic E-state index is 0.128. The van der Waals surface area contributed by atoms with E-state index in [4.69, 9.17) is 16.1 Å². The summed E-state index contributed by atoms with van der Waals surface area (Å²) in [5.74, 6) is 0.959. The summed E-state index contributed by atoms with van der Waals surface area (Å²) in [5.41, 5.74) is 1.75. The number of rotatable bonds is 5. The van der Waals surface area contributed by atoms with Crippen LogP contribution in [0.2, 0.25) is 5.02 Å². The summed E-state index contributed by atoms with van der Waals surface area (Å²) >= 11 is 5.99. The Hall–Kier alpha value is -2.60. The Morgan fingerprint density at radius 2 is 2.22 bits per heavy atom. The Balaban J connectivity index is 1.67. The van der Waals surface area contributed by atoms with E-state index >= 15 is 0 Å². The average molecular weight is 331 g/mol. The molecule has 3 rings (SSSR count). The second-order valence-electron chi connectivity index (χ2n) is 5.16. The number of anilines is 1. The van der Waals surface area contributed by atoms with Gasteiger partial charge in [0.25, 0.3) is 0 Å². The van der Waals surface area contributed by atoms with E-state index in [1.54, 1.807) is 23.0 Å². The molecule has 23 heavy (non-hydrogen) atoms. The fourth-order valence-corrected chi connectivity index (χ4v) is 2.43. The summed E-state index contributed by atoms with van der Waals surface area (Å²) in [6.07, 6.45) is 1.77. The molecule has 118 valence electrons. The molecular formula is C16H15ClN4O2. The van der Waals surface area contributed by atoms with Crippen LogP contribution in [0.5, 0.6) is 0 Å². The Labute approximate surface area is 138 Å².